The zero-order valence-electron chi connectivity index (χ0n) is 11.2. The third kappa shape index (κ3) is 2.82. The number of pyridine rings is 1. The van der Waals surface area contributed by atoms with Crippen LogP contribution in [-0.2, 0) is 6.54 Å². The molecule has 0 atom stereocenters. The predicted octanol–water partition coefficient (Wildman–Crippen LogP) is 3.68. The molecule has 0 radical (unpaired) electrons. The van der Waals surface area contributed by atoms with Gasteiger partial charge in [-0.3, -0.25) is 9.88 Å². The number of benzene rings is 1. The fourth-order valence-electron chi connectivity index (χ4n) is 1.79. The highest BCUT2D eigenvalue weighted by molar-refractivity contribution is 6.18. The van der Waals surface area contributed by atoms with Crippen molar-refractivity contribution >= 4 is 22.5 Å². The van der Waals surface area contributed by atoms with Crippen LogP contribution in [0.1, 0.15) is 19.4 Å². The number of para-hydroxylation sites is 1. The molecule has 2 nitrogen and oxygen atoms in total. The zero-order valence-corrected chi connectivity index (χ0v) is 11.9. The topological polar surface area (TPSA) is 16.1 Å². The highest BCUT2D eigenvalue weighted by atomic mass is 35.5. The first-order chi connectivity index (χ1) is 8.53. The molecule has 3 heteroatoms. The standard InChI is InChI=1S/C15H19ClN2/c1-15(2,11-16)18(3)10-12-8-13-6-4-5-7-14(13)17-9-12/h4-9H,10-11H2,1-3H3. The zero-order chi connectivity index (χ0) is 13.2. The Hall–Kier alpha value is -1.12. The first-order valence-electron chi connectivity index (χ1n) is 6.14. The molecule has 0 aliphatic rings. The van der Waals surface area contributed by atoms with Gasteiger partial charge in [-0.25, -0.2) is 0 Å². The van der Waals surface area contributed by atoms with Gasteiger partial charge >= 0.3 is 0 Å². The Labute approximate surface area is 114 Å². The number of fused-ring (bicyclic) bond motifs is 1. The molecular weight excluding hydrogens is 244 g/mol. The van der Waals surface area contributed by atoms with Crippen molar-refractivity contribution in [3.05, 3.63) is 42.1 Å². The Balaban J connectivity index is 2.22. The van der Waals surface area contributed by atoms with Crippen molar-refractivity contribution in [1.82, 2.24) is 9.88 Å². The van der Waals surface area contributed by atoms with Gasteiger partial charge in [0.15, 0.2) is 0 Å². The Morgan fingerprint density at radius 2 is 2.00 bits per heavy atom. The summed E-state index contributed by atoms with van der Waals surface area (Å²) in [5.74, 6) is 0.616. The lowest BCUT2D eigenvalue weighted by Crippen LogP contribution is -2.42. The van der Waals surface area contributed by atoms with Crippen LogP contribution >= 0.6 is 11.6 Å². The molecule has 96 valence electrons. The summed E-state index contributed by atoms with van der Waals surface area (Å²) >= 11 is 5.99. The van der Waals surface area contributed by atoms with Crippen LogP contribution in [-0.4, -0.2) is 28.4 Å². The van der Waals surface area contributed by atoms with Crippen molar-refractivity contribution in [3.8, 4) is 0 Å². The maximum Gasteiger partial charge on any atom is 0.0702 e. The number of alkyl halides is 1. The number of hydrogen-bond donors (Lipinski definition) is 0. The summed E-state index contributed by atoms with van der Waals surface area (Å²) in [6.45, 7) is 5.15. The average Bonchev–Trinajstić information content (AvgIpc) is 2.38. The predicted molar refractivity (Wildman–Crippen MR) is 78.0 cm³/mol. The fourth-order valence-corrected chi connectivity index (χ4v) is 2.00. The second kappa shape index (κ2) is 5.25. The molecule has 0 spiro atoms. The Morgan fingerprint density at radius 3 is 2.72 bits per heavy atom. The van der Waals surface area contributed by atoms with Gasteiger partial charge in [-0.05, 0) is 38.6 Å². The quantitative estimate of drug-likeness (QED) is 0.782. The Kier molecular flexibility index (Phi) is 3.88. The van der Waals surface area contributed by atoms with Gasteiger partial charge in [0.1, 0.15) is 0 Å². The second-order valence-corrected chi connectivity index (χ2v) is 5.61. The molecule has 2 rings (SSSR count). The van der Waals surface area contributed by atoms with E-state index in [0.717, 1.165) is 12.1 Å². The summed E-state index contributed by atoms with van der Waals surface area (Å²) in [5.41, 5.74) is 2.25. The van der Waals surface area contributed by atoms with E-state index in [2.05, 4.69) is 42.9 Å². The molecule has 1 heterocycles. The molecule has 0 amide bonds. The van der Waals surface area contributed by atoms with E-state index in [0.29, 0.717) is 5.88 Å². The van der Waals surface area contributed by atoms with Crippen molar-refractivity contribution in [1.29, 1.82) is 0 Å². The smallest absolute Gasteiger partial charge is 0.0702 e. The lowest BCUT2D eigenvalue weighted by atomic mass is 10.1. The molecule has 1 aromatic carbocycles. The Morgan fingerprint density at radius 1 is 1.28 bits per heavy atom. The van der Waals surface area contributed by atoms with Gasteiger partial charge in [0, 0.05) is 29.5 Å². The maximum absolute atomic E-state index is 5.99. The van der Waals surface area contributed by atoms with E-state index in [1.54, 1.807) is 0 Å². The van der Waals surface area contributed by atoms with Crippen LogP contribution in [0.15, 0.2) is 36.5 Å². The van der Waals surface area contributed by atoms with Crippen molar-refractivity contribution in [2.24, 2.45) is 0 Å². The summed E-state index contributed by atoms with van der Waals surface area (Å²) in [7, 11) is 2.09. The largest absolute Gasteiger partial charge is 0.296 e. The van der Waals surface area contributed by atoms with E-state index in [1.807, 2.05) is 24.4 Å². The van der Waals surface area contributed by atoms with Crippen molar-refractivity contribution in [2.45, 2.75) is 25.9 Å². The van der Waals surface area contributed by atoms with E-state index in [-0.39, 0.29) is 5.54 Å². The molecule has 0 aliphatic heterocycles. The van der Waals surface area contributed by atoms with Crippen LogP contribution in [0.2, 0.25) is 0 Å². The van der Waals surface area contributed by atoms with Gasteiger partial charge in [0.05, 0.1) is 5.52 Å². The third-order valence-corrected chi connectivity index (χ3v) is 4.08. The van der Waals surface area contributed by atoms with Gasteiger partial charge in [0.2, 0.25) is 0 Å². The van der Waals surface area contributed by atoms with Gasteiger partial charge in [-0.2, -0.15) is 0 Å². The lowest BCUT2D eigenvalue weighted by Gasteiger charge is -2.33. The van der Waals surface area contributed by atoms with Crippen molar-refractivity contribution in [2.75, 3.05) is 12.9 Å². The highest BCUT2D eigenvalue weighted by Crippen LogP contribution is 2.19. The normalized spacial score (nSPS) is 12.3. The minimum absolute atomic E-state index is 0.00675. The summed E-state index contributed by atoms with van der Waals surface area (Å²) in [4.78, 5) is 6.74. The molecule has 18 heavy (non-hydrogen) atoms. The molecule has 0 fully saturated rings. The monoisotopic (exact) mass is 262 g/mol. The van der Waals surface area contributed by atoms with E-state index in [4.69, 9.17) is 11.6 Å². The summed E-state index contributed by atoms with van der Waals surface area (Å²) in [6.07, 6.45) is 1.95. The van der Waals surface area contributed by atoms with Gasteiger partial charge in [-0.1, -0.05) is 18.2 Å². The van der Waals surface area contributed by atoms with Crippen molar-refractivity contribution < 1.29 is 0 Å². The first-order valence-corrected chi connectivity index (χ1v) is 6.67. The fraction of sp³-hybridized carbons (Fsp3) is 0.400. The van der Waals surface area contributed by atoms with Gasteiger partial charge < -0.3 is 0 Å². The van der Waals surface area contributed by atoms with Gasteiger partial charge in [-0.15, -0.1) is 11.6 Å². The molecule has 0 aliphatic carbocycles. The van der Waals surface area contributed by atoms with Crippen LogP contribution in [0.4, 0.5) is 0 Å². The average molecular weight is 263 g/mol. The SMILES string of the molecule is CN(Cc1cnc2ccccc2c1)C(C)(C)CCl. The second-order valence-electron chi connectivity index (χ2n) is 5.34. The van der Waals surface area contributed by atoms with Crippen molar-refractivity contribution in [3.63, 3.8) is 0 Å². The molecule has 0 bridgehead atoms. The lowest BCUT2D eigenvalue weighted by molar-refractivity contribution is 0.170. The van der Waals surface area contributed by atoms with E-state index >= 15 is 0 Å². The highest BCUT2D eigenvalue weighted by Gasteiger charge is 2.22. The maximum atomic E-state index is 5.99. The minimum Gasteiger partial charge on any atom is -0.296 e. The summed E-state index contributed by atoms with van der Waals surface area (Å²) in [5, 5.41) is 1.19. The number of halogens is 1. The number of rotatable bonds is 4. The summed E-state index contributed by atoms with van der Waals surface area (Å²) < 4.78 is 0. The molecule has 2 aromatic rings. The molecule has 0 unspecified atom stereocenters. The molecule has 1 aromatic heterocycles. The van der Waals surface area contributed by atoms with Crippen LogP contribution < -0.4 is 0 Å². The van der Waals surface area contributed by atoms with Crippen LogP contribution in [0, 0.1) is 0 Å². The minimum atomic E-state index is -0.00675. The van der Waals surface area contributed by atoms with E-state index in [9.17, 15) is 0 Å². The van der Waals surface area contributed by atoms with E-state index in [1.165, 1.54) is 10.9 Å². The molecular formula is C15H19ClN2. The summed E-state index contributed by atoms with van der Waals surface area (Å²) in [6, 6.07) is 10.4. The first kappa shape index (κ1) is 13.3. The number of aromatic nitrogens is 1. The van der Waals surface area contributed by atoms with E-state index < -0.39 is 0 Å². The number of nitrogens with zero attached hydrogens (tertiary/aromatic N) is 2. The van der Waals surface area contributed by atoms with Gasteiger partial charge in [0.25, 0.3) is 0 Å². The number of hydrogen-bond acceptors (Lipinski definition) is 2. The molecule has 0 saturated carbocycles. The van der Waals surface area contributed by atoms with Crippen LogP contribution in [0.25, 0.3) is 10.9 Å². The van der Waals surface area contributed by atoms with Crippen LogP contribution in [0.5, 0.6) is 0 Å². The van der Waals surface area contributed by atoms with Crippen LogP contribution in [0.3, 0.4) is 0 Å². The molecule has 0 saturated heterocycles. The Bertz CT molecular complexity index is 537. The molecule has 0 N–H and O–H groups in total. The third-order valence-electron chi connectivity index (χ3n) is 3.43.